The van der Waals surface area contributed by atoms with Crippen LogP contribution in [0.1, 0.15) is 47.4 Å². The smallest absolute Gasteiger partial charge is 0.254 e. The van der Waals surface area contributed by atoms with Crippen LogP contribution in [0.2, 0.25) is 0 Å². The van der Waals surface area contributed by atoms with Crippen LogP contribution in [0.15, 0.2) is 65.3 Å². The number of furan rings is 1. The first kappa shape index (κ1) is 24.9. The Morgan fingerprint density at radius 3 is 2.65 bits per heavy atom. The molecule has 0 N–H and O–H groups in total. The number of hydrogen-bond donors (Lipinski definition) is 0. The van der Waals surface area contributed by atoms with Crippen molar-refractivity contribution in [2.75, 3.05) is 31.7 Å². The summed E-state index contributed by atoms with van der Waals surface area (Å²) in [6, 6.07) is 16.7. The van der Waals surface area contributed by atoms with Crippen LogP contribution in [-0.2, 0) is 22.7 Å². The van der Waals surface area contributed by atoms with E-state index in [4.69, 9.17) is 18.6 Å². The van der Waals surface area contributed by atoms with Crippen molar-refractivity contribution in [3.05, 3.63) is 77.7 Å². The number of nitrogens with zero attached hydrogens (tertiary/aromatic N) is 2. The summed E-state index contributed by atoms with van der Waals surface area (Å²) in [6.07, 6.45) is 4.99. The lowest BCUT2D eigenvalue weighted by molar-refractivity contribution is -0.117. The average molecular weight is 505 g/mol. The first-order valence-electron chi connectivity index (χ1n) is 12.7. The van der Waals surface area contributed by atoms with Gasteiger partial charge in [0.05, 0.1) is 19.5 Å². The van der Waals surface area contributed by atoms with E-state index in [9.17, 15) is 9.59 Å². The monoisotopic (exact) mass is 504 g/mol. The molecule has 0 bridgehead atoms. The molecule has 0 aliphatic carbocycles. The Hall–Kier alpha value is -3.78. The van der Waals surface area contributed by atoms with Gasteiger partial charge in [0, 0.05) is 43.9 Å². The number of carbonyl (C=O) groups is 2. The Morgan fingerprint density at radius 2 is 1.97 bits per heavy atom. The van der Waals surface area contributed by atoms with E-state index < -0.39 is 0 Å². The van der Waals surface area contributed by atoms with Crippen molar-refractivity contribution in [1.29, 1.82) is 0 Å². The van der Waals surface area contributed by atoms with Gasteiger partial charge in [0.25, 0.3) is 5.91 Å². The van der Waals surface area contributed by atoms with Gasteiger partial charge in [-0.1, -0.05) is 6.07 Å². The molecule has 2 fully saturated rings. The molecule has 3 aromatic rings. The number of amides is 2. The highest BCUT2D eigenvalue weighted by molar-refractivity contribution is 5.97. The van der Waals surface area contributed by atoms with Gasteiger partial charge < -0.3 is 28.4 Å². The molecule has 3 heterocycles. The molecule has 2 saturated heterocycles. The molecular formula is C29H32N2O6. The third kappa shape index (κ3) is 5.97. The average Bonchev–Trinajstić information content (AvgIpc) is 3.71. The fourth-order valence-electron chi connectivity index (χ4n) is 4.84. The Morgan fingerprint density at radius 1 is 1.11 bits per heavy atom. The topological polar surface area (TPSA) is 81.5 Å². The molecule has 2 aliphatic heterocycles. The highest BCUT2D eigenvalue weighted by Gasteiger charge is 2.25. The molecule has 0 saturated carbocycles. The fourth-order valence-corrected chi connectivity index (χ4v) is 4.84. The van der Waals surface area contributed by atoms with E-state index in [1.807, 2.05) is 47.4 Å². The number of benzene rings is 2. The van der Waals surface area contributed by atoms with Gasteiger partial charge in [-0.3, -0.25) is 9.59 Å². The summed E-state index contributed by atoms with van der Waals surface area (Å²) in [5.41, 5.74) is 2.33. The second-order valence-electron chi connectivity index (χ2n) is 9.37. The largest absolute Gasteiger partial charge is 0.493 e. The molecule has 2 aromatic carbocycles. The lowest BCUT2D eigenvalue weighted by Gasteiger charge is -2.26. The summed E-state index contributed by atoms with van der Waals surface area (Å²) in [7, 11) is 1.60. The van der Waals surface area contributed by atoms with Gasteiger partial charge in [-0.2, -0.15) is 0 Å². The Bertz CT molecular complexity index is 1200. The van der Waals surface area contributed by atoms with Crippen molar-refractivity contribution < 1.29 is 28.2 Å². The zero-order chi connectivity index (χ0) is 25.6. The summed E-state index contributed by atoms with van der Waals surface area (Å²) in [6.45, 7) is 2.61. The molecule has 1 unspecified atom stereocenters. The summed E-state index contributed by atoms with van der Waals surface area (Å²) >= 11 is 0. The molecule has 8 heteroatoms. The first-order valence-corrected chi connectivity index (χ1v) is 12.7. The zero-order valence-electron chi connectivity index (χ0n) is 21.1. The molecule has 194 valence electrons. The molecule has 37 heavy (non-hydrogen) atoms. The minimum atomic E-state index is -0.0799. The maximum absolute atomic E-state index is 13.6. The maximum Gasteiger partial charge on any atom is 0.254 e. The number of methoxy groups -OCH3 is 1. The third-order valence-corrected chi connectivity index (χ3v) is 6.79. The van der Waals surface area contributed by atoms with Gasteiger partial charge in [0.15, 0.2) is 11.5 Å². The van der Waals surface area contributed by atoms with Crippen molar-refractivity contribution in [2.24, 2.45) is 0 Å². The van der Waals surface area contributed by atoms with E-state index in [1.165, 1.54) is 0 Å². The van der Waals surface area contributed by atoms with Gasteiger partial charge in [-0.25, -0.2) is 0 Å². The van der Waals surface area contributed by atoms with E-state index in [2.05, 4.69) is 0 Å². The van der Waals surface area contributed by atoms with Crippen LogP contribution in [0, 0.1) is 0 Å². The van der Waals surface area contributed by atoms with E-state index in [-0.39, 0.29) is 24.5 Å². The summed E-state index contributed by atoms with van der Waals surface area (Å²) < 4.78 is 22.7. The standard InChI is InChI=1S/C29H32N2O6/c1-34-26-13-8-21(17-27(26)37-20-25-6-4-16-36-25)18-30(19-24-5-3-15-35-24)29(33)22-9-11-23(12-10-22)31-14-2-7-28(31)32/h4,6,8-13,16-17,24H,2-3,5,7,14-15,18-20H2,1H3. The van der Waals surface area contributed by atoms with Crippen LogP contribution in [0.3, 0.4) is 0 Å². The van der Waals surface area contributed by atoms with Crippen molar-refractivity contribution in [1.82, 2.24) is 4.90 Å². The number of anilines is 1. The second-order valence-corrected chi connectivity index (χ2v) is 9.37. The minimum absolute atomic E-state index is 0.0124. The molecule has 5 rings (SSSR count). The minimum Gasteiger partial charge on any atom is -0.493 e. The van der Waals surface area contributed by atoms with Gasteiger partial charge in [0.2, 0.25) is 5.91 Å². The molecule has 1 atom stereocenters. The predicted octanol–water partition coefficient (Wildman–Crippen LogP) is 4.82. The van der Waals surface area contributed by atoms with Crippen molar-refractivity contribution in [3.8, 4) is 11.5 Å². The molecule has 1 aromatic heterocycles. The number of carbonyl (C=O) groups excluding carboxylic acids is 2. The predicted molar refractivity (Wildman–Crippen MR) is 138 cm³/mol. The summed E-state index contributed by atoms with van der Waals surface area (Å²) in [5.74, 6) is 1.95. The van der Waals surface area contributed by atoms with Gasteiger partial charge in [0.1, 0.15) is 12.4 Å². The van der Waals surface area contributed by atoms with E-state index in [0.717, 1.165) is 43.7 Å². The van der Waals surface area contributed by atoms with Crippen LogP contribution >= 0.6 is 0 Å². The Labute approximate surface area is 216 Å². The normalized spacial score (nSPS) is 17.3. The van der Waals surface area contributed by atoms with Crippen LogP contribution in [0.4, 0.5) is 5.69 Å². The van der Waals surface area contributed by atoms with Crippen LogP contribution in [-0.4, -0.2) is 49.6 Å². The van der Waals surface area contributed by atoms with E-state index in [1.54, 1.807) is 30.4 Å². The third-order valence-electron chi connectivity index (χ3n) is 6.79. The first-order chi connectivity index (χ1) is 18.1. The van der Waals surface area contributed by atoms with Crippen molar-refractivity contribution in [3.63, 3.8) is 0 Å². The number of ether oxygens (including phenoxy) is 3. The van der Waals surface area contributed by atoms with Crippen LogP contribution < -0.4 is 14.4 Å². The fraction of sp³-hybridized carbons (Fsp3) is 0.379. The summed E-state index contributed by atoms with van der Waals surface area (Å²) in [4.78, 5) is 29.3. The highest BCUT2D eigenvalue weighted by atomic mass is 16.5. The molecule has 2 aliphatic rings. The number of rotatable bonds is 10. The maximum atomic E-state index is 13.6. The molecule has 2 amide bonds. The second kappa shape index (κ2) is 11.5. The van der Waals surface area contributed by atoms with E-state index in [0.29, 0.717) is 42.3 Å². The van der Waals surface area contributed by atoms with Gasteiger partial charge in [-0.15, -0.1) is 0 Å². The SMILES string of the molecule is COc1ccc(CN(CC2CCCO2)C(=O)c2ccc(N3CCCC3=O)cc2)cc1OCc1ccco1. The quantitative estimate of drug-likeness (QED) is 0.394. The van der Waals surface area contributed by atoms with E-state index >= 15 is 0 Å². The molecular weight excluding hydrogens is 472 g/mol. The van der Waals surface area contributed by atoms with Crippen LogP contribution in [0.25, 0.3) is 0 Å². The lowest BCUT2D eigenvalue weighted by Crippen LogP contribution is -2.37. The molecule has 0 radical (unpaired) electrons. The Kier molecular flexibility index (Phi) is 7.75. The van der Waals surface area contributed by atoms with Crippen LogP contribution in [0.5, 0.6) is 11.5 Å². The zero-order valence-corrected chi connectivity index (χ0v) is 21.1. The molecule has 0 spiro atoms. The lowest BCUT2D eigenvalue weighted by atomic mass is 10.1. The Balaban J connectivity index is 1.34. The molecule has 8 nitrogen and oxygen atoms in total. The number of hydrogen-bond acceptors (Lipinski definition) is 6. The van der Waals surface area contributed by atoms with Crippen molar-refractivity contribution >= 4 is 17.5 Å². The highest BCUT2D eigenvalue weighted by Crippen LogP contribution is 2.30. The van der Waals surface area contributed by atoms with Crippen molar-refractivity contribution in [2.45, 2.75) is 44.9 Å². The van der Waals surface area contributed by atoms with Gasteiger partial charge in [-0.05, 0) is 73.4 Å². The van der Waals surface area contributed by atoms with Gasteiger partial charge >= 0.3 is 0 Å². The summed E-state index contributed by atoms with van der Waals surface area (Å²) in [5, 5.41) is 0.